The highest BCUT2D eigenvalue weighted by molar-refractivity contribution is 9.10. The van der Waals surface area contributed by atoms with Crippen molar-refractivity contribution in [1.29, 1.82) is 0 Å². The molecule has 0 aromatic heterocycles. The average molecular weight is 299 g/mol. The number of halogens is 1. The minimum Gasteiger partial charge on any atom is -0.394 e. The van der Waals surface area contributed by atoms with Crippen molar-refractivity contribution in [2.75, 3.05) is 24.6 Å². The number of aliphatic hydroxyl groups excluding tert-OH is 1. The highest BCUT2D eigenvalue weighted by Gasteiger charge is 2.36. The minimum absolute atomic E-state index is 0.00444. The number of anilines is 1. The summed E-state index contributed by atoms with van der Waals surface area (Å²) in [6.07, 6.45) is 0. The summed E-state index contributed by atoms with van der Waals surface area (Å²) in [6, 6.07) is 8.31. The second-order valence-corrected chi connectivity index (χ2v) is 5.96. The van der Waals surface area contributed by atoms with Crippen molar-refractivity contribution in [2.45, 2.75) is 25.4 Å². The molecule has 2 rings (SSSR count). The highest BCUT2D eigenvalue weighted by Crippen LogP contribution is 2.34. The first-order valence-electron chi connectivity index (χ1n) is 5.92. The summed E-state index contributed by atoms with van der Waals surface area (Å²) in [7, 11) is 0. The first-order chi connectivity index (χ1) is 8.06. The summed E-state index contributed by atoms with van der Waals surface area (Å²) in [4.78, 5) is 2.31. The van der Waals surface area contributed by atoms with Crippen molar-refractivity contribution in [3.05, 3.63) is 28.7 Å². The van der Waals surface area contributed by atoms with Crippen molar-refractivity contribution in [3.63, 3.8) is 0 Å². The lowest BCUT2D eigenvalue weighted by Gasteiger charge is -2.49. The highest BCUT2D eigenvalue weighted by atomic mass is 79.9. The van der Waals surface area contributed by atoms with Crippen LogP contribution in [0.2, 0.25) is 0 Å². The van der Waals surface area contributed by atoms with E-state index in [9.17, 15) is 5.11 Å². The van der Waals surface area contributed by atoms with Crippen LogP contribution in [0.1, 0.15) is 13.8 Å². The Morgan fingerprint density at radius 2 is 2.18 bits per heavy atom. The van der Waals surface area contributed by atoms with Gasteiger partial charge < -0.3 is 15.3 Å². The lowest BCUT2D eigenvalue weighted by molar-refractivity contribution is 0.212. The Labute approximate surface area is 111 Å². The zero-order valence-electron chi connectivity index (χ0n) is 10.3. The second kappa shape index (κ2) is 4.96. The molecule has 0 aliphatic carbocycles. The van der Waals surface area contributed by atoms with Gasteiger partial charge in [0.2, 0.25) is 0 Å². The number of hydrogen-bond acceptors (Lipinski definition) is 3. The molecule has 94 valence electrons. The number of piperazine rings is 1. The van der Waals surface area contributed by atoms with Gasteiger partial charge >= 0.3 is 0 Å². The molecule has 1 aromatic carbocycles. The third kappa shape index (κ3) is 2.49. The van der Waals surface area contributed by atoms with E-state index < -0.39 is 0 Å². The third-order valence-corrected chi connectivity index (χ3v) is 3.95. The number of hydrogen-bond donors (Lipinski definition) is 2. The van der Waals surface area contributed by atoms with Crippen LogP contribution in [0.25, 0.3) is 0 Å². The van der Waals surface area contributed by atoms with Crippen LogP contribution in [-0.2, 0) is 0 Å². The number of rotatable bonds is 2. The summed E-state index contributed by atoms with van der Waals surface area (Å²) >= 11 is 3.60. The molecule has 0 saturated carbocycles. The molecule has 17 heavy (non-hydrogen) atoms. The van der Waals surface area contributed by atoms with Gasteiger partial charge in [-0.05, 0) is 41.9 Å². The van der Waals surface area contributed by atoms with Gasteiger partial charge in [-0.3, -0.25) is 0 Å². The van der Waals surface area contributed by atoms with Gasteiger partial charge in [0.25, 0.3) is 0 Å². The summed E-state index contributed by atoms with van der Waals surface area (Å²) in [6.45, 7) is 6.30. The van der Waals surface area contributed by atoms with Crippen molar-refractivity contribution in [3.8, 4) is 0 Å². The van der Waals surface area contributed by atoms with Crippen LogP contribution < -0.4 is 10.2 Å². The molecule has 1 fully saturated rings. The molecule has 1 saturated heterocycles. The minimum atomic E-state index is -0.00444. The van der Waals surface area contributed by atoms with Crippen molar-refractivity contribution >= 4 is 21.6 Å². The fraction of sp³-hybridized carbons (Fsp3) is 0.538. The van der Waals surface area contributed by atoms with Crippen molar-refractivity contribution in [2.24, 2.45) is 0 Å². The number of para-hydroxylation sites is 1. The van der Waals surface area contributed by atoms with Crippen LogP contribution in [0.15, 0.2) is 28.7 Å². The van der Waals surface area contributed by atoms with Gasteiger partial charge in [0, 0.05) is 23.1 Å². The van der Waals surface area contributed by atoms with Gasteiger partial charge in [-0.25, -0.2) is 0 Å². The molecule has 1 aliphatic rings. The average Bonchev–Trinajstić information content (AvgIpc) is 2.29. The molecule has 3 nitrogen and oxygen atoms in total. The van der Waals surface area contributed by atoms with E-state index >= 15 is 0 Å². The Balaban J connectivity index is 2.41. The maximum absolute atomic E-state index is 9.55. The maximum Gasteiger partial charge on any atom is 0.0651 e. The van der Waals surface area contributed by atoms with E-state index in [4.69, 9.17) is 0 Å². The molecule has 1 aromatic rings. The summed E-state index contributed by atoms with van der Waals surface area (Å²) in [5, 5.41) is 12.9. The predicted octanol–water partition coefficient (Wildman–Crippen LogP) is 2.00. The van der Waals surface area contributed by atoms with E-state index in [0.29, 0.717) is 0 Å². The Morgan fingerprint density at radius 3 is 2.82 bits per heavy atom. The lowest BCUT2D eigenvalue weighted by atomic mass is 9.95. The van der Waals surface area contributed by atoms with Gasteiger partial charge in [-0.2, -0.15) is 0 Å². The zero-order chi connectivity index (χ0) is 12.5. The Hall–Kier alpha value is -0.580. The van der Waals surface area contributed by atoms with Gasteiger partial charge in [-0.1, -0.05) is 12.1 Å². The molecule has 1 aliphatic heterocycles. The molecule has 0 spiro atoms. The fourth-order valence-electron chi connectivity index (χ4n) is 2.53. The first-order valence-corrected chi connectivity index (χ1v) is 6.71. The normalized spacial score (nSPS) is 23.8. The molecule has 0 radical (unpaired) electrons. The van der Waals surface area contributed by atoms with Crippen molar-refractivity contribution < 1.29 is 5.11 Å². The van der Waals surface area contributed by atoms with E-state index in [1.54, 1.807) is 0 Å². The van der Waals surface area contributed by atoms with E-state index in [1.165, 1.54) is 0 Å². The lowest BCUT2D eigenvalue weighted by Crippen LogP contribution is -2.64. The maximum atomic E-state index is 9.55. The molecule has 1 unspecified atom stereocenters. The van der Waals surface area contributed by atoms with Crippen LogP contribution >= 0.6 is 15.9 Å². The van der Waals surface area contributed by atoms with Gasteiger partial charge in [0.1, 0.15) is 0 Å². The fourth-order valence-corrected chi connectivity index (χ4v) is 3.01. The third-order valence-electron chi connectivity index (χ3n) is 3.28. The topological polar surface area (TPSA) is 35.5 Å². The van der Waals surface area contributed by atoms with Crippen LogP contribution in [-0.4, -0.2) is 36.4 Å². The summed E-state index contributed by atoms with van der Waals surface area (Å²) in [5.41, 5.74) is 1.15. The SMILES string of the molecule is CC1(C)CNCC(CO)N1c1ccccc1Br. The van der Waals surface area contributed by atoms with Crippen LogP contribution in [0.3, 0.4) is 0 Å². The molecule has 2 N–H and O–H groups in total. The number of benzene rings is 1. The Bertz CT molecular complexity index is 395. The van der Waals surface area contributed by atoms with Crippen LogP contribution in [0, 0.1) is 0 Å². The zero-order valence-corrected chi connectivity index (χ0v) is 11.9. The molecule has 0 bridgehead atoms. The summed E-state index contributed by atoms with van der Waals surface area (Å²) in [5.74, 6) is 0. The van der Waals surface area contributed by atoms with Crippen LogP contribution in [0.4, 0.5) is 5.69 Å². The second-order valence-electron chi connectivity index (χ2n) is 5.10. The first kappa shape index (κ1) is 12.9. The van der Waals surface area contributed by atoms with E-state index in [-0.39, 0.29) is 18.2 Å². The number of nitrogens with one attached hydrogen (secondary N) is 1. The Kier molecular flexibility index (Phi) is 3.76. The van der Waals surface area contributed by atoms with Gasteiger partial charge in [0.05, 0.1) is 18.3 Å². The van der Waals surface area contributed by atoms with E-state index in [1.807, 2.05) is 18.2 Å². The molecular formula is C13H19BrN2O. The molecule has 4 heteroatoms. The van der Waals surface area contributed by atoms with E-state index in [2.05, 4.69) is 46.1 Å². The van der Waals surface area contributed by atoms with Crippen molar-refractivity contribution in [1.82, 2.24) is 5.32 Å². The predicted molar refractivity (Wildman–Crippen MR) is 74.4 cm³/mol. The smallest absolute Gasteiger partial charge is 0.0651 e. The number of aliphatic hydroxyl groups is 1. The molecule has 1 heterocycles. The standard InChI is InChI=1S/C13H19BrN2O/c1-13(2)9-15-7-10(8-17)16(13)12-6-4-3-5-11(12)14/h3-6,10,15,17H,7-9H2,1-2H3. The summed E-state index contributed by atoms with van der Waals surface area (Å²) < 4.78 is 1.08. The Morgan fingerprint density at radius 1 is 1.47 bits per heavy atom. The van der Waals surface area contributed by atoms with Gasteiger partial charge in [0.15, 0.2) is 0 Å². The molecule has 1 atom stereocenters. The van der Waals surface area contributed by atoms with Crippen LogP contribution in [0.5, 0.6) is 0 Å². The molecule has 0 amide bonds. The number of nitrogens with zero attached hydrogens (tertiary/aromatic N) is 1. The monoisotopic (exact) mass is 298 g/mol. The quantitative estimate of drug-likeness (QED) is 0.877. The van der Waals surface area contributed by atoms with Gasteiger partial charge in [-0.15, -0.1) is 0 Å². The largest absolute Gasteiger partial charge is 0.394 e. The van der Waals surface area contributed by atoms with E-state index in [0.717, 1.165) is 23.2 Å². The molecular weight excluding hydrogens is 280 g/mol.